The van der Waals surface area contributed by atoms with E-state index in [1.54, 1.807) is 0 Å². The molecular formula is C17H28N2. The second kappa shape index (κ2) is 7.06. The van der Waals surface area contributed by atoms with Crippen LogP contribution in [0.15, 0.2) is 24.3 Å². The summed E-state index contributed by atoms with van der Waals surface area (Å²) in [5.74, 6) is 0.618. The Bertz CT molecular complexity index is 369. The smallest absolute Gasteiger partial charge is 0.0219 e. The Balaban J connectivity index is 1.75. The van der Waals surface area contributed by atoms with Gasteiger partial charge in [-0.3, -0.25) is 0 Å². The first-order chi connectivity index (χ1) is 9.16. The molecule has 0 bridgehead atoms. The minimum Gasteiger partial charge on any atom is -0.326 e. The van der Waals surface area contributed by atoms with Gasteiger partial charge >= 0.3 is 0 Å². The fourth-order valence-corrected chi connectivity index (χ4v) is 2.88. The van der Waals surface area contributed by atoms with Crippen molar-refractivity contribution in [3.63, 3.8) is 0 Å². The summed E-state index contributed by atoms with van der Waals surface area (Å²) in [4.78, 5) is 0. The predicted molar refractivity (Wildman–Crippen MR) is 82.5 cm³/mol. The van der Waals surface area contributed by atoms with Gasteiger partial charge in [0.1, 0.15) is 0 Å². The minimum absolute atomic E-state index is 0.358. The minimum atomic E-state index is 0.358. The van der Waals surface area contributed by atoms with E-state index in [2.05, 4.69) is 43.4 Å². The van der Waals surface area contributed by atoms with Crippen LogP contribution in [-0.4, -0.2) is 18.6 Å². The highest BCUT2D eigenvalue weighted by molar-refractivity contribution is 5.24. The van der Waals surface area contributed by atoms with E-state index >= 15 is 0 Å². The number of hydrogen-bond donors (Lipinski definition) is 2. The Hall–Kier alpha value is -0.860. The molecule has 106 valence electrons. The molecule has 0 heterocycles. The number of rotatable bonds is 5. The highest BCUT2D eigenvalue weighted by Gasteiger charge is 2.20. The highest BCUT2D eigenvalue weighted by atomic mass is 14.9. The van der Waals surface area contributed by atoms with Crippen LogP contribution in [0.2, 0.25) is 0 Å². The van der Waals surface area contributed by atoms with Crippen LogP contribution >= 0.6 is 0 Å². The fourth-order valence-electron chi connectivity index (χ4n) is 2.88. The lowest BCUT2D eigenvalue weighted by Crippen LogP contribution is -2.47. The normalized spacial score (nSPS) is 23.8. The molecular weight excluding hydrogens is 232 g/mol. The standard InChI is InChI=1S/C17H28N2/c1-13(2)15-9-7-14(8-10-15)11-12-19-17-6-4-3-5-16(17)18/h7-10,13,16-17,19H,3-6,11-12,18H2,1-2H3. The van der Waals surface area contributed by atoms with Crippen LogP contribution in [0.5, 0.6) is 0 Å². The van der Waals surface area contributed by atoms with E-state index in [1.165, 1.54) is 36.8 Å². The lowest BCUT2D eigenvalue weighted by Gasteiger charge is -2.29. The first kappa shape index (κ1) is 14.5. The summed E-state index contributed by atoms with van der Waals surface area (Å²) >= 11 is 0. The van der Waals surface area contributed by atoms with E-state index in [1.807, 2.05) is 0 Å². The molecule has 2 atom stereocenters. The first-order valence-corrected chi connectivity index (χ1v) is 7.74. The number of benzene rings is 1. The van der Waals surface area contributed by atoms with Crippen molar-refractivity contribution in [3.05, 3.63) is 35.4 Å². The second-order valence-electron chi connectivity index (χ2n) is 6.16. The van der Waals surface area contributed by atoms with Crippen molar-refractivity contribution in [3.8, 4) is 0 Å². The van der Waals surface area contributed by atoms with Crippen LogP contribution in [0.3, 0.4) is 0 Å². The van der Waals surface area contributed by atoms with Gasteiger partial charge in [-0.25, -0.2) is 0 Å². The van der Waals surface area contributed by atoms with Crippen LogP contribution < -0.4 is 11.1 Å². The topological polar surface area (TPSA) is 38.0 Å². The third-order valence-corrected chi connectivity index (χ3v) is 4.29. The first-order valence-electron chi connectivity index (χ1n) is 7.74. The van der Waals surface area contributed by atoms with Gasteiger partial charge in [0.2, 0.25) is 0 Å². The van der Waals surface area contributed by atoms with E-state index in [-0.39, 0.29) is 0 Å². The zero-order valence-electron chi connectivity index (χ0n) is 12.4. The van der Waals surface area contributed by atoms with Gasteiger partial charge in [-0.15, -0.1) is 0 Å². The Morgan fingerprint density at radius 3 is 2.47 bits per heavy atom. The van der Waals surface area contributed by atoms with Gasteiger partial charge in [0.15, 0.2) is 0 Å². The Kier molecular flexibility index (Phi) is 5.41. The largest absolute Gasteiger partial charge is 0.326 e. The molecule has 1 aromatic carbocycles. The molecule has 0 amide bonds. The van der Waals surface area contributed by atoms with Gasteiger partial charge in [0.25, 0.3) is 0 Å². The van der Waals surface area contributed by atoms with Gasteiger partial charge in [-0.2, -0.15) is 0 Å². The molecule has 1 saturated carbocycles. The van der Waals surface area contributed by atoms with Gasteiger partial charge in [0.05, 0.1) is 0 Å². The maximum absolute atomic E-state index is 6.15. The van der Waals surface area contributed by atoms with Crippen LogP contribution in [0.1, 0.15) is 56.6 Å². The molecule has 0 radical (unpaired) electrons. The third-order valence-electron chi connectivity index (χ3n) is 4.29. The lowest BCUT2D eigenvalue weighted by atomic mass is 9.91. The van der Waals surface area contributed by atoms with Crippen LogP contribution in [0.4, 0.5) is 0 Å². The maximum atomic E-state index is 6.15. The van der Waals surface area contributed by atoms with E-state index < -0.39 is 0 Å². The van der Waals surface area contributed by atoms with Gasteiger partial charge < -0.3 is 11.1 Å². The monoisotopic (exact) mass is 260 g/mol. The Labute approximate surface area is 117 Å². The van der Waals surface area contributed by atoms with Crippen molar-refractivity contribution in [2.45, 2.75) is 64.0 Å². The summed E-state index contributed by atoms with van der Waals surface area (Å²) in [6.45, 7) is 5.52. The summed E-state index contributed by atoms with van der Waals surface area (Å²) in [6.07, 6.45) is 6.15. The Morgan fingerprint density at radius 1 is 1.16 bits per heavy atom. The van der Waals surface area contributed by atoms with E-state index in [0.717, 1.165) is 13.0 Å². The molecule has 1 aliphatic carbocycles. The molecule has 0 spiro atoms. The summed E-state index contributed by atoms with van der Waals surface area (Å²) < 4.78 is 0. The van der Waals surface area contributed by atoms with Crippen molar-refractivity contribution in [2.24, 2.45) is 5.73 Å². The molecule has 2 nitrogen and oxygen atoms in total. The summed E-state index contributed by atoms with van der Waals surface area (Å²) in [6, 6.07) is 9.93. The van der Waals surface area contributed by atoms with Crippen molar-refractivity contribution >= 4 is 0 Å². The number of nitrogens with two attached hydrogens (primary N) is 1. The van der Waals surface area contributed by atoms with Crippen molar-refractivity contribution < 1.29 is 0 Å². The van der Waals surface area contributed by atoms with Crippen molar-refractivity contribution in [1.29, 1.82) is 0 Å². The zero-order valence-corrected chi connectivity index (χ0v) is 12.4. The van der Waals surface area contributed by atoms with Gasteiger partial charge in [-0.05, 0) is 42.9 Å². The summed E-state index contributed by atoms with van der Waals surface area (Å²) in [5, 5.41) is 3.63. The molecule has 2 heteroatoms. The average molecular weight is 260 g/mol. The quantitative estimate of drug-likeness (QED) is 0.853. The molecule has 3 N–H and O–H groups in total. The van der Waals surface area contributed by atoms with E-state index in [9.17, 15) is 0 Å². The van der Waals surface area contributed by atoms with Crippen LogP contribution in [0, 0.1) is 0 Å². The maximum Gasteiger partial charge on any atom is 0.0219 e. The SMILES string of the molecule is CC(C)c1ccc(CCNC2CCCCC2N)cc1. The van der Waals surface area contributed by atoms with Gasteiger partial charge in [-0.1, -0.05) is 51.0 Å². The summed E-state index contributed by atoms with van der Waals surface area (Å²) in [5.41, 5.74) is 8.99. The molecule has 0 aliphatic heterocycles. The number of nitrogens with one attached hydrogen (secondary N) is 1. The van der Waals surface area contributed by atoms with Gasteiger partial charge in [0, 0.05) is 12.1 Å². The number of hydrogen-bond acceptors (Lipinski definition) is 2. The highest BCUT2D eigenvalue weighted by Crippen LogP contribution is 2.17. The molecule has 1 aromatic rings. The molecule has 19 heavy (non-hydrogen) atoms. The van der Waals surface area contributed by atoms with E-state index in [4.69, 9.17) is 5.73 Å². The molecule has 2 unspecified atom stereocenters. The molecule has 0 saturated heterocycles. The second-order valence-corrected chi connectivity index (χ2v) is 6.16. The molecule has 1 fully saturated rings. The Morgan fingerprint density at radius 2 is 1.84 bits per heavy atom. The molecule has 2 rings (SSSR count). The third kappa shape index (κ3) is 4.32. The van der Waals surface area contributed by atoms with Crippen LogP contribution in [0.25, 0.3) is 0 Å². The molecule has 1 aliphatic rings. The average Bonchev–Trinajstić information content (AvgIpc) is 2.41. The lowest BCUT2D eigenvalue weighted by molar-refractivity contribution is 0.329. The fraction of sp³-hybridized carbons (Fsp3) is 0.647. The van der Waals surface area contributed by atoms with Crippen molar-refractivity contribution in [1.82, 2.24) is 5.32 Å². The molecule has 0 aromatic heterocycles. The summed E-state index contributed by atoms with van der Waals surface area (Å²) in [7, 11) is 0. The van der Waals surface area contributed by atoms with Crippen LogP contribution in [-0.2, 0) is 6.42 Å². The zero-order chi connectivity index (χ0) is 13.7. The van der Waals surface area contributed by atoms with E-state index in [0.29, 0.717) is 18.0 Å². The van der Waals surface area contributed by atoms with Crippen molar-refractivity contribution in [2.75, 3.05) is 6.54 Å². The predicted octanol–water partition coefficient (Wildman–Crippen LogP) is 3.21.